The van der Waals surface area contributed by atoms with Crippen LogP contribution in [0.4, 0.5) is 5.69 Å². The number of nitrogens with zero attached hydrogens (tertiary/aromatic N) is 5. The van der Waals surface area contributed by atoms with Crippen molar-refractivity contribution in [1.82, 2.24) is 24.9 Å². The molecule has 4 aliphatic rings. The number of hydrogen-bond donors (Lipinski definition) is 4. The molecule has 5 heterocycles. The predicted molar refractivity (Wildman–Crippen MR) is 243 cm³/mol. The van der Waals surface area contributed by atoms with Gasteiger partial charge < -0.3 is 29.7 Å². The monoisotopic (exact) mass is 884 g/mol. The molecule has 9 rings (SSSR count). The Balaban J connectivity index is 0.693. The number of carbonyl (C=O) groups is 5. The first kappa shape index (κ1) is 43.3. The van der Waals surface area contributed by atoms with Gasteiger partial charge in [0.05, 0.1) is 11.1 Å². The van der Waals surface area contributed by atoms with Gasteiger partial charge in [0.1, 0.15) is 24.1 Å². The van der Waals surface area contributed by atoms with Crippen LogP contribution in [0, 0.1) is 0 Å². The van der Waals surface area contributed by atoms with Gasteiger partial charge >= 0.3 is 7.12 Å². The minimum atomic E-state index is -1.59. The number of piperidine rings is 1. The quantitative estimate of drug-likeness (QED) is 0.0727. The number of hydrogen-bond acceptors (Lipinski definition) is 14. The number of thiophene rings is 1. The Labute approximate surface area is 374 Å². The number of phenols is 1. The molecule has 1 unspecified atom stereocenters. The lowest BCUT2D eigenvalue weighted by atomic mass is 9.80. The van der Waals surface area contributed by atoms with Crippen LogP contribution >= 0.6 is 11.3 Å². The van der Waals surface area contributed by atoms with Crippen LogP contribution in [-0.4, -0.2) is 156 Å². The van der Waals surface area contributed by atoms with Gasteiger partial charge in [-0.3, -0.25) is 44.0 Å². The normalized spacial score (nSPS) is 18.8. The van der Waals surface area contributed by atoms with Crippen LogP contribution in [0.15, 0.2) is 84.9 Å². The second-order valence-electron chi connectivity index (χ2n) is 16.7. The number of nitrogens with one attached hydrogen (secondary N) is 1. The van der Waals surface area contributed by atoms with Crippen molar-refractivity contribution >= 4 is 69.1 Å². The molecule has 4 N–H and O–H groups in total. The first-order valence-corrected chi connectivity index (χ1v) is 22.6. The maximum absolute atomic E-state index is 14.0. The summed E-state index contributed by atoms with van der Waals surface area (Å²) in [6, 6.07) is 23.3. The van der Waals surface area contributed by atoms with Crippen LogP contribution < -0.4 is 20.4 Å². The average Bonchev–Trinajstić information content (AvgIpc) is 3.80. The number of ether oxygens (including phenoxy) is 1. The molecule has 5 aromatic rings. The van der Waals surface area contributed by atoms with Crippen molar-refractivity contribution in [1.29, 1.82) is 0 Å². The molecule has 3 fully saturated rings. The topological polar surface area (TPSA) is 184 Å². The van der Waals surface area contributed by atoms with E-state index in [1.807, 2.05) is 18.2 Å². The second kappa shape index (κ2) is 18.6. The van der Waals surface area contributed by atoms with E-state index >= 15 is 0 Å². The largest absolute Gasteiger partial charge is 0.508 e. The number of phenolic OH excluding ortho intramolecular Hbond substituents is 1. The van der Waals surface area contributed by atoms with Gasteiger partial charge in [0.25, 0.3) is 11.8 Å². The van der Waals surface area contributed by atoms with Gasteiger partial charge in [0.2, 0.25) is 11.8 Å². The molecule has 1 atom stereocenters. The highest BCUT2D eigenvalue weighted by Gasteiger charge is 2.45. The zero-order chi connectivity index (χ0) is 44.5. The molecule has 4 aromatic carbocycles. The van der Waals surface area contributed by atoms with E-state index in [-0.39, 0.29) is 24.4 Å². The van der Waals surface area contributed by atoms with Gasteiger partial charge in [-0.2, -0.15) is 0 Å². The van der Waals surface area contributed by atoms with Crippen LogP contribution in [0.25, 0.3) is 20.5 Å². The van der Waals surface area contributed by atoms with Gasteiger partial charge in [-0.15, -0.1) is 11.3 Å². The summed E-state index contributed by atoms with van der Waals surface area (Å²) < 4.78 is 6.88. The van der Waals surface area contributed by atoms with Crippen molar-refractivity contribution in [2.75, 3.05) is 83.5 Å². The number of carbonyl (C=O) groups excluding carboxylic acids is 5. The smallest absolute Gasteiger partial charge is 0.488 e. The lowest BCUT2D eigenvalue weighted by Crippen LogP contribution is -2.54. The minimum absolute atomic E-state index is 0.0891. The van der Waals surface area contributed by atoms with Gasteiger partial charge in [0.15, 0.2) is 5.78 Å². The summed E-state index contributed by atoms with van der Waals surface area (Å²) in [5, 5.41) is 32.2. The number of amides is 4. The van der Waals surface area contributed by atoms with Crippen molar-refractivity contribution in [3.63, 3.8) is 0 Å². The van der Waals surface area contributed by atoms with Crippen molar-refractivity contribution < 1.29 is 43.9 Å². The van der Waals surface area contributed by atoms with E-state index in [9.17, 15) is 39.1 Å². The molecule has 4 aliphatic heterocycles. The third-order valence-corrected chi connectivity index (χ3v) is 13.9. The standard InChI is InChI=1S/C47H49BN6O9S/c55-34-9-13-37-40(29-34)64-44(31-2-6-32(7-3-31)48(61)62)42(37)43(57)30-4-10-35(11-5-30)63-27-26-52-20-18-50(19-21-52)16-1-17-51-22-24-53(25-23-51)33-8-12-36-38(28-33)47(60)54(46(36)59)39-14-15-41(56)49-45(39)58/h2-13,28-29,39,55,61-62H,1,14-27H2,(H,49,56,58). The Bertz CT molecular complexity index is 2590. The molecule has 17 heteroatoms. The fourth-order valence-corrected chi connectivity index (χ4v) is 10.3. The lowest BCUT2D eigenvalue weighted by molar-refractivity contribution is -0.136. The maximum Gasteiger partial charge on any atom is 0.488 e. The number of aromatic hydroxyl groups is 1. The van der Waals surface area contributed by atoms with Crippen molar-refractivity contribution in [3.05, 3.63) is 107 Å². The molecule has 1 aromatic heterocycles. The molecule has 4 amide bonds. The highest BCUT2D eigenvalue weighted by molar-refractivity contribution is 7.22. The molecule has 64 heavy (non-hydrogen) atoms. The van der Waals surface area contributed by atoms with E-state index in [1.54, 1.807) is 66.7 Å². The number of ketones is 1. The molecule has 0 saturated carbocycles. The summed E-state index contributed by atoms with van der Waals surface area (Å²) in [6.07, 6.45) is 1.30. The summed E-state index contributed by atoms with van der Waals surface area (Å²) in [7, 11) is -1.59. The van der Waals surface area contributed by atoms with E-state index in [0.29, 0.717) is 40.1 Å². The summed E-state index contributed by atoms with van der Waals surface area (Å²) in [6.45, 7) is 10.7. The minimum Gasteiger partial charge on any atom is -0.508 e. The fraction of sp³-hybridized carbons (Fsp3) is 0.340. The van der Waals surface area contributed by atoms with Crippen molar-refractivity contribution in [2.45, 2.75) is 25.3 Å². The Morgan fingerprint density at radius 3 is 2.08 bits per heavy atom. The third-order valence-electron chi connectivity index (χ3n) is 12.7. The Kier molecular flexibility index (Phi) is 12.6. The van der Waals surface area contributed by atoms with E-state index in [4.69, 9.17) is 4.74 Å². The Morgan fingerprint density at radius 1 is 0.750 bits per heavy atom. The maximum atomic E-state index is 14.0. The fourth-order valence-electron chi connectivity index (χ4n) is 9.10. The summed E-state index contributed by atoms with van der Waals surface area (Å²) in [5.74, 6) is -1.34. The molecule has 0 radical (unpaired) electrons. The molecule has 0 aliphatic carbocycles. The highest BCUT2D eigenvalue weighted by Crippen LogP contribution is 2.41. The van der Waals surface area contributed by atoms with Gasteiger partial charge in [0, 0.05) is 97.1 Å². The zero-order valence-corrected chi connectivity index (χ0v) is 36.1. The Morgan fingerprint density at radius 2 is 1.41 bits per heavy atom. The van der Waals surface area contributed by atoms with Crippen molar-refractivity contribution in [3.8, 4) is 21.9 Å². The molecule has 330 valence electrons. The second-order valence-corrected chi connectivity index (χ2v) is 17.8. The van der Waals surface area contributed by atoms with Crippen molar-refractivity contribution in [2.24, 2.45) is 0 Å². The van der Waals surface area contributed by atoms with E-state index in [0.717, 1.165) is 110 Å². The molecule has 3 saturated heterocycles. The number of piperazine rings is 2. The van der Waals surface area contributed by atoms with Crippen LogP contribution in [-0.2, 0) is 9.59 Å². The first-order valence-electron chi connectivity index (χ1n) is 21.8. The number of anilines is 1. The van der Waals surface area contributed by atoms with Crippen LogP contribution in [0.1, 0.15) is 55.9 Å². The van der Waals surface area contributed by atoms with Crippen LogP contribution in [0.2, 0.25) is 0 Å². The van der Waals surface area contributed by atoms with E-state index < -0.39 is 36.8 Å². The number of imide groups is 2. The van der Waals surface area contributed by atoms with Crippen LogP contribution in [0.3, 0.4) is 0 Å². The Hall–Kier alpha value is -5.95. The first-order chi connectivity index (χ1) is 31.0. The number of rotatable bonds is 14. The SMILES string of the molecule is O=C1CCC(N2C(=O)c3ccc(N4CCN(CCCN5CCN(CCOc6ccc(C(=O)c7c(-c8ccc(B(O)O)cc8)sc8cc(O)ccc78)cc6)CC5)CC4)cc3C2=O)C(=O)N1. The van der Waals surface area contributed by atoms with E-state index in [1.165, 1.54) is 11.3 Å². The molecule has 15 nitrogen and oxygen atoms in total. The molecular weight excluding hydrogens is 835 g/mol. The van der Waals surface area contributed by atoms with E-state index in [2.05, 4.69) is 24.9 Å². The van der Waals surface area contributed by atoms with Gasteiger partial charge in [-0.1, -0.05) is 24.3 Å². The molecular formula is C47H49BN6O9S. The van der Waals surface area contributed by atoms with Gasteiger partial charge in [-0.05, 0) is 97.6 Å². The lowest BCUT2D eigenvalue weighted by Gasteiger charge is -2.37. The molecule has 0 bridgehead atoms. The summed E-state index contributed by atoms with van der Waals surface area (Å²) in [5.41, 5.74) is 3.64. The average molecular weight is 885 g/mol. The number of fused-ring (bicyclic) bond motifs is 2. The van der Waals surface area contributed by atoms with Gasteiger partial charge in [-0.25, -0.2) is 0 Å². The third kappa shape index (κ3) is 9.05. The predicted octanol–water partition coefficient (Wildman–Crippen LogP) is 2.79. The summed E-state index contributed by atoms with van der Waals surface area (Å²) >= 11 is 1.40. The number of benzene rings is 4. The summed E-state index contributed by atoms with van der Waals surface area (Å²) in [4.78, 5) is 75.9. The zero-order valence-electron chi connectivity index (χ0n) is 35.3. The van der Waals surface area contributed by atoms with Crippen LogP contribution in [0.5, 0.6) is 11.5 Å². The molecule has 0 spiro atoms. The highest BCUT2D eigenvalue weighted by atomic mass is 32.1.